The maximum absolute atomic E-state index is 10.9. The van der Waals surface area contributed by atoms with Gasteiger partial charge in [-0.3, -0.25) is 9.09 Å². The molecule has 94 valence electrons. The van der Waals surface area contributed by atoms with Crippen LogP contribution in [-0.4, -0.2) is 4.89 Å². The van der Waals surface area contributed by atoms with E-state index in [9.17, 15) is 4.57 Å². The fourth-order valence-corrected chi connectivity index (χ4v) is 1.99. The molecule has 18 heavy (non-hydrogen) atoms. The first-order chi connectivity index (χ1) is 8.75. The SMILES string of the molecule is O=[PH](O)OC(Nc1ccccc1)c1ccccc1. The Bertz CT molecular complexity index is 504. The summed E-state index contributed by atoms with van der Waals surface area (Å²) in [6.45, 7) is 0. The predicted octanol–water partition coefficient (Wildman–Crippen LogP) is 3.20. The summed E-state index contributed by atoms with van der Waals surface area (Å²) in [4.78, 5) is 8.95. The van der Waals surface area contributed by atoms with Crippen molar-refractivity contribution in [3.63, 3.8) is 0 Å². The van der Waals surface area contributed by atoms with Gasteiger partial charge in [0.2, 0.25) is 0 Å². The third-order valence-electron chi connectivity index (χ3n) is 2.39. The highest BCUT2D eigenvalue weighted by molar-refractivity contribution is 7.32. The van der Waals surface area contributed by atoms with Crippen molar-refractivity contribution in [2.24, 2.45) is 0 Å². The maximum Gasteiger partial charge on any atom is 0.318 e. The quantitative estimate of drug-likeness (QED) is 0.642. The molecule has 4 nitrogen and oxygen atoms in total. The van der Waals surface area contributed by atoms with Crippen LogP contribution in [0.4, 0.5) is 5.69 Å². The Kier molecular flexibility index (Phi) is 4.53. The van der Waals surface area contributed by atoms with Crippen molar-refractivity contribution in [2.75, 3.05) is 5.32 Å². The Morgan fingerprint density at radius 3 is 2.11 bits per heavy atom. The molecule has 2 atom stereocenters. The maximum atomic E-state index is 10.9. The van der Waals surface area contributed by atoms with Crippen LogP contribution in [0.15, 0.2) is 60.7 Å². The van der Waals surface area contributed by atoms with Crippen molar-refractivity contribution in [1.82, 2.24) is 0 Å². The van der Waals surface area contributed by atoms with Crippen molar-refractivity contribution in [2.45, 2.75) is 6.23 Å². The molecule has 0 heterocycles. The monoisotopic (exact) mass is 263 g/mol. The number of anilines is 1. The molecule has 0 bridgehead atoms. The fraction of sp³-hybridized carbons (Fsp3) is 0.0769. The van der Waals surface area contributed by atoms with Crippen LogP contribution in [0.1, 0.15) is 11.8 Å². The van der Waals surface area contributed by atoms with Crippen LogP contribution in [0.3, 0.4) is 0 Å². The number of nitrogens with one attached hydrogen (secondary N) is 1. The molecule has 0 fully saturated rings. The number of benzene rings is 2. The lowest BCUT2D eigenvalue weighted by Gasteiger charge is -2.19. The van der Waals surface area contributed by atoms with E-state index in [4.69, 9.17) is 9.42 Å². The zero-order valence-corrected chi connectivity index (χ0v) is 10.6. The molecule has 0 spiro atoms. The molecule has 2 unspecified atom stereocenters. The topological polar surface area (TPSA) is 58.6 Å². The van der Waals surface area contributed by atoms with Crippen molar-refractivity contribution in [3.05, 3.63) is 66.2 Å². The van der Waals surface area contributed by atoms with Crippen LogP contribution in [-0.2, 0) is 9.09 Å². The van der Waals surface area contributed by atoms with Gasteiger partial charge in [0, 0.05) is 11.3 Å². The first-order valence-electron chi connectivity index (χ1n) is 5.52. The highest BCUT2D eigenvalue weighted by Gasteiger charge is 2.13. The van der Waals surface area contributed by atoms with Crippen molar-refractivity contribution < 1.29 is 14.0 Å². The van der Waals surface area contributed by atoms with Gasteiger partial charge < -0.3 is 10.2 Å². The summed E-state index contributed by atoms with van der Waals surface area (Å²) in [5, 5.41) is 3.07. The Balaban J connectivity index is 2.18. The van der Waals surface area contributed by atoms with E-state index in [1.165, 1.54) is 0 Å². The molecular weight excluding hydrogens is 249 g/mol. The summed E-state index contributed by atoms with van der Waals surface area (Å²) in [5.41, 5.74) is 1.63. The second kappa shape index (κ2) is 6.36. The largest absolute Gasteiger partial charge is 0.356 e. The minimum Gasteiger partial charge on any atom is -0.356 e. The minimum atomic E-state index is -3.01. The summed E-state index contributed by atoms with van der Waals surface area (Å²) in [7, 11) is -3.01. The van der Waals surface area contributed by atoms with Gasteiger partial charge in [-0.15, -0.1) is 0 Å². The molecule has 2 aromatic carbocycles. The Morgan fingerprint density at radius 2 is 1.56 bits per heavy atom. The normalized spacial score (nSPS) is 13.8. The van der Waals surface area contributed by atoms with Crippen LogP contribution < -0.4 is 5.32 Å². The van der Waals surface area contributed by atoms with E-state index < -0.39 is 14.5 Å². The molecule has 2 aromatic rings. The standard InChI is InChI=1S/C13H14NO3P/c15-18(16)17-13(11-7-3-1-4-8-11)14-12-9-5-2-6-10-12/h1-10,13-14,18H,(H,15,16). The summed E-state index contributed by atoms with van der Waals surface area (Å²) in [5.74, 6) is 0. The minimum absolute atomic E-state index is 0.634. The molecule has 0 amide bonds. The molecule has 0 aliphatic rings. The van der Waals surface area contributed by atoms with Gasteiger partial charge in [-0.2, -0.15) is 0 Å². The van der Waals surface area contributed by atoms with Gasteiger partial charge in [0.15, 0.2) is 6.23 Å². The smallest absolute Gasteiger partial charge is 0.318 e. The second-order valence-corrected chi connectivity index (χ2v) is 4.45. The van der Waals surface area contributed by atoms with E-state index in [0.717, 1.165) is 11.3 Å². The zero-order chi connectivity index (χ0) is 12.8. The first kappa shape index (κ1) is 12.8. The van der Waals surface area contributed by atoms with Crippen molar-refractivity contribution in [3.8, 4) is 0 Å². The molecular formula is C13H14NO3P. The molecule has 0 radical (unpaired) electrons. The summed E-state index contributed by atoms with van der Waals surface area (Å²) < 4.78 is 15.9. The summed E-state index contributed by atoms with van der Waals surface area (Å²) in [6, 6.07) is 18.7. The molecule has 0 aromatic heterocycles. The molecule has 0 aliphatic heterocycles. The lowest BCUT2D eigenvalue weighted by atomic mass is 10.2. The van der Waals surface area contributed by atoms with Crippen molar-refractivity contribution in [1.29, 1.82) is 0 Å². The Morgan fingerprint density at radius 1 is 1.00 bits per heavy atom. The number of hydrogen-bond donors (Lipinski definition) is 2. The number of hydrogen-bond acceptors (Lipinski definition) is 3. The molecule has 2 N–H and O–H groups in total. The average molecular weight is 263 g/mol. The van der Waals surface area contributed by atoms with Crippen LogP contribution in [0.5, 0.6) is 0 Å². The highest BCUT2D eigenvalue weighted by atomic mass is 31.1. The average Bonchev–Trinajstić information content (AvgIpc) is 2.40. The lowest BCUT2D eigenvalue weighted by molar-refractivity contribution is 0.216. The zero-order valence-electron chi connectivity index (χ0n) is 9.61. The first-order valence-corrected chi connectivity index (χ1v) is 6.78. The third kappa shape index (κ3) is 3.70. The molecule has 2 rings (SSSR count). The second-order valence-electron chi connectivity index (χ2n) is 3.68. The Hall–Kier alpha value is -1.61. The van der Waals surface area contributed by atoms with Crippen LogP contribution in [0.2, 0.25) is 0 Å². The number of para-hydroxylation sites is 1. The highest BCUT2D eigenvalue weighted by Crippen LogP contribution is 2.29. The fourth-order valence-electron chi connectivity index (χ4n) is 1.60. The third-order valence-corrected chi connectivity index (χ3v) is 2.83. The Labute approximate surface area is 106 Å². The van der Waals surface area contributed by atoms with E-state index in [1.807, 2.05) is 60.7 Å². The van der Waals surface area contributed by atoms with Gasteiger partial charge in [0.25, 0.3) is 0 Å². The van der Waals surface area contributed by atoms with Gasteiger partial charge in [-0.25, -0.2) is 0 Å². The van der Waals surface area contributed by atoms with E-state index in [0.29, 0.717) is 0 Å². The van der Waals surface area contributed by atoms with Crippen LogP contribution in [0, 0.1) is 0 Å². The van der Waals surface area contributed by atoms with Gasteiger partial charge in [0.05, 0.1) is 0 Å². The summed E-state index contributed by atoms with van der Waals surface area (Å²) >= 11 is 0. The van der Waals surface area contributed by atoms with E-state index in [-0.39, 0.29) is 0 Å². The molecule has 0 saturated carbocycles. The van der Waals surface area contributed by atoms with E-state index in [2.05, 4.69) is 5.32 Å². The summed E-state index contributed by atoms with van der Waals surface area (Å²) in [6.07, 6.45) is -0.634. The van der Waals surface area contributed by atoms with Gasteiger partial charge >= 0.3 is 8.25 Å². The lowest BCUT2D eigenvalue weighted by Crippen LogP contribution is -2.11. The molecule has 5 heteroatoms. The van der Waals surface area contributed by atoms with E-state index in [1.54, 1.807) is 0 Å². The molecule has 0 saturated heterocycles. The number of rotatable bonds is 5. The predicted molar refractivity (Wildman–Crippen MR) is 71.6 cm³/mol. The van der Waals surface area contributed by atoms with Crippen LogP contribution in [0.25, 0.3) is 0 Å². The van der Waals surface area contributed by atoms with Crippen LogP contribution >= 0.6 is 8.25 Å². The molecule has 0 aliphatic carbocycles. The van der Waals surface area contributed by atoms with Gasteiger partial charge in [-0.1, -0.05) is 48.5 Å². The van der Waals surface area contributed by atoms with Gasteiger partial charge in [-0.05, 0) is 12.1 Å². The van der Waals surface area contributed by atoms with E-state index >= 15 is 0 Å². The van der Waals surface area contributed by atoms with Crippen molar-refractivity contribution >= 4 is 13.9 Å². The van der Waals surface area contributed by atoms with Gasteiger partial charge in [0.1, 0.15) is 0 Å².